The summed E-state index contributed by atoms with van der Waals surface area (Å²) in [5.41, 5.74) is -0.161. The Morgan fingerprint density at radius 1 is 1.21 bits per heavy atom. The first-order chi connectivity index (χ1) is 13.2. The van der Waals surface area contributed by atoms with Crippen molar-refractivity contribution < 1.29 is 23.9 Å². The Hall–Kier alpha value is -2.90. The average Bonchev–Trinajstić information content (AvgIpc) is 2.84. The summed E-state index contributed by atoms with van der Waals surface area (Å²) >= 11 is 0. The molecule has 0 aromatic heterocycles. The first-order valence-corrected chi connectivity index (χ1v) is 9.37. The Balaban J connectivity index is 1.96. The van der Waals surface area contributed by atoms with Gasteiger partial charge in [0.05, 0.1) is 12.2 Å². The van der Waals surface area contributed by atoms with E-state index in [9.17, 15) is 19.2 Å². The van der Waals surface area contributed by atoms with Crippen molar-refractivity contribution >= 4 is 29.5 Å². The van der Waals surface area contributed by atoms with E-state index >= 15 is 0 Å². The van der Waals surface area contributed by atoms with Crippen molar-refractivity contribution in [3.63, 3.8) is 0 Å². The maximum Gasteiger partial charge on any atom is 0.338 e. The fraction of sp³-hybridized carbons (Fsp3) is 0.500. The summed E-state index contributed by atoms with van der Waals surface area (Å²) in [5.74, 6) is -0.941. The van der Waals surface area contributed by atoms with Gasteiger partial charge in [-0.05, 0) is 56.9 Å². The van der Waals surface area contributed by atoms with E-state index in [2.05, 4.69) is 10.6 Å². The number of urea groups is 1. The molecule has 1 saturated heterocycles. The minimum atomic E-state index is -0.983. The summed E-state index contributed by atoms with van der Waals surface area (Å²) < 4.78 is 4.90. The van der Waals surface area contributed by atoms with E-state index < -0.39 is 29.4 Å². The third kappa shape index (κ3) is 5.09. The zero-order valence-electron chi connectivity index (χ0n) is 16.7. The van der Waals surface area contributed by atoms with Gasteiger partial charge < -0.3 is 15.4 Å². The Bertz CT molecular complexity index is 760. The molecular weight excluding hydrogens is 362 g/mol. The lowest BCUT2D eigenvalue weighted by molar-refractivity contribution is -0.133. The Morgan fingerprint density at radius 3 is 2.43 bits per heavy atom. The largest absolute Gasteiger partial charge is 0.462 e. The Morgan fingerprint density at radius 2 is 1.86 bits per heavy atom. The van der Waals surface area contributed by atoms with E-state index in [1.807, 2.05) is 13.8 Å². The smallest absolute Gasteiger partial charge is 0.338 e. The van der Waals surface area contributed by atoms with Gasteiger partial charge in [-0.1, -0.05) is 13.8 Å². The lowest BCUT2D eigenvalue weighted by Gasteiger charge is -2.22. The monoisotopic (exact) mass is 389 g/mol. The lowest BCUT2D eigenvalue weighted by atomic mass is 9.92. The normalized spacial score (nSPS) is 19.0. The van der Waals surface area contributed by atoms with E-state index in [0.717, 1.165) is 11.3 Å². The van der Waals surface area contributed by atoms with E-state index in [0.29, 0.717) is 23.6 Å². The Kier molecular flexibility index (Phi) is 6.77. The van der Waals surface area contributed by atoms with Crippen LogP contribution >= 0.6 is 0 Å². The van der Waals surface area contributed by atoms with Gasteiger partial charge in [0.15, 0.2) is 0 Å². The number of carbonyl (C=O) groups excluding carboxylic acids is 4. The molecule has 1 aliphatic rings. The van der Waals surface area contributed by atoms with Crippen molar-refractivity contribution in [1.82, 2.24) is 10.2 Å². The van der Waals surface area contributed by atoms with Crippen molar-refractivity contribution in [3.05, 3.63) is 29.8 Å². The molecule has 2 rings (SSSR count). The maximum absolute atomic E-state index is 12.6. The summed E-state index contributed by atoms with van der Waals surface area (Å²) in [6.07, 6.45) is 1.30. The second kappa shape index (κ2) is 8.86. The van der Waals surface area contributed by atoms with Crippen molar-refractivity contribution in [2.75, 3.05) is 18.5 Å². The summed E-state index contributed by atoms with van der Waals surface area (Å²) in [4.78, 5) is 49.7. The van der Waals surface area contributed by atoms with Crippen molar-refractivity contribution in [2.24, 2.45) is 5.92 Å². The quantitative estimate of drug-likeness (QED) is 0.525. The second-order valence-corrected chi connectivity index (χ2v) is 7.43. The molecule has 1 aromatic carbocycles. The molecule has 1 atom stereocenters. The molecule has 8 heteroatoms. The summed E-state index contributed by atoms with van der Waals surface area (Å²) in [7, 11) is 0. The van der Waals surface area contributed by atoms with Crippen LogP contribution in [-0.4, -0.2) is 47.4 Å². The zero-order chi connectivity index (χ0) is 20.9. The molecule has 152 valence electrons. The highest BCUT2D eigenvalue weighted by Crippen LogP contribution is 2.24. The molecule has 1 fully saturated rings. The van der Waals surface area contributed by atoms with E-state index in [-0.39, 0.29) is 13.2 Å². The van der Waals surface area contributed by atoms with E-state index in [4.69, 9.17) is 4.74 Å². The van der Waals surface area contributed by atoms with Gasteiger partial charge in [-0.2, -0.15) is 0 Å². The second-order valence-electron chi connectivity index (χ2n) is 7.43. The number of hydrogen-bond donors (Lipinski definition) is 2. The summed E-state index contributed by atoms with van der Waals surface area (Å²) in [5, 5.41) is 5.31. The maximum atomic E-state index is 12.6. The van der Waals surface area contributed by atoms with Crippen molar-refractivity contribution in [3.8, 4) is 0 Å². The molecule has 0 aliphatic carbocycles. The van der Waals surface area contributed by atoms with Crippen LogP contribution in [0.15, 0.2) is 24.3 Å². The zero-order valence-corrected chi connectivity index (χ0v) is 16.7. The number of carbonyl (C=O) groups is 4. The highest BCUT2D eigenvalue weighted by molar-refractivity contribution is 6.09. The van der Waals surface area contributed by atoms with Crippen LogP contribution < -0.4 is 10.6 Å². The number of esters is 1. The third-order valence-corrected chi connectivity index (χ3v) is 4.55. The topological polar surface area (TPSA) is 105 Å². The standard InChI is InChI=1S/C20H27N3O5/c1-5-28-17(25)14-6-8-15(9-7-14)21-16(24)12-23-18(26)20(4,22-19(23)27)11-10-13(2)3/h6-9,13H,5,10-12H2,1-4H3,(H,21,24)(H,22,27)/t20-/m1/s1. The minimum absolute atomic E-state index is 0.277. The van der Waals surface area contributed by atoms with E-state index in [1.165, 1.54) is 12.1 Å². The van der Waals surface area contributed by atoms with Gasteiger partial charge in [0, 0.05) is 5.69 Å². The Labute approximate surface area is 164 Å². The molecule has 0 radical (unpaired) electrons. The number of rotatable bonds is 8. The number of nitrogens with zero attached hydrogens (tertiary/aromatic N) is 1. The molecule has 1 aromatic rings. The highest BCUT2D eigenvalue weighted by atomic mass is 16.5. The fourth-order valence-electron chi connectivity index (χ4n) is 2.89. The summed E-state index contributed by atoms with van der Waals surface area (Å²) in [6.45, 7) is 7.39. The van der Waals surface area contributed by atoms with Crippen LogP contribution in [0.25, 0.3) is 0 Å². The van der Waals surface area contributed by atoms with Gasteiger partial charge >= 0.3 is 12.0 Å². The van der Waals surface area contributed by atoms with Crippen LogP contribution in [0.1, 0.15) is 50.9 Å². The predicted octanol–water partition coefficient (Wildman–Crippen LogP) is 2.55. The number of amides is 4. The van der Waals surface area contributed by atoms with Crippen LogP contribution in [0.5, 0.6) is 0 Å². The molecule has 2 N–H and O–H groups in total. The first-order valence-electron chi connectivity index (χ1n) is 9.37. The molecule has 0 saturated carbocycles. The van der Waals surface area contributed by atoms with Crippen LogP contribution in [0.4, 0.5) is 10.5 Å². The minimum Gasteiger partial charge on any atom is -0.462 e. The van der Waals surface area contributed by atoms with Crippen LogP contribution in [0.3, 0.4) is 0 Å². The number of nitrogens with one attached hydrogen (secondary N) is 2. The predicted molar refractivity (Wildman–Crippen MR) is 104 cm³/mol. The van der Waals surface area contributed by atoms with Gasteiger partial charge in [0.25, 0.3) is 5.91 Å². The number of ether oxygens (including phenoxy) is 1. The molecule has 4 amide bonds. The molecule has 0 spiro atoms. The summed E-state index contributed by atoms with van der Waals surface area (Å²) in [6, 6.07) is 5.62. The van der Waals surface area contributed by atoms with Gasteiger partial charge in [0.2, 0.25) is 5.91 Å². The first kappa shape index (κ1) is 21.4. The molecule has 0 unspecified atom stereocenters. The van der Waals surface area contributed by atoms with E-state index in [1.54, 1.807) is 26.0 Å². The fourth-order valence-corrected chi connectivity index (χ4v) is 2.89. The van der Waals surface area contributed by atoms with Gasteiger partial charge in [-0.15, -0.1) is 0 Å². The van der Waals surface area contributed by atoms with Crippen molar-refractivity contribution in [2.45, 2.75) is 46.1 Å². The molecule has 8 nitrogen and oxygen atoms in total. The molecule has 28 heavy (non-hydrogen) atoms. The highest BCUT2D eigenvalue weighted by Gasteiger charge is 2.47. The molecule has 1 heterocycles. The van der Waals surface area contributed by atoms with Crippen LogP contribution in [-0.2, 0) is 14.3 Å². The van der Waals surface area contributed by atoms with Gasteiger partial charge in [-0.25, -0.2) is 9.59 Å². The molecular formula is C20H27N3O5. The number of anilines is 1. The van der Waals surface area contributed by atoms with Crippen LogP contribution in [0.2, 0.25) is 0 Å². The third-order valence-electron chi connectivity index (χ3n) is 4.55. The average molecular weight is 389 g/mol. The molecule has 0 bridgehead atoms. The van der Waals surface area contributed by atoms with Crippen LogP contribution in [0, 0.1) is 5.92 Å². The molecule has 1 aliphatic heterocycles. The number of benzene rings is 1. The SMILES string of the molecule is CCOC(=O)c1ccc(NC(=O)CN2C(=O)N[C@](C)(CCC(C)C)C2=O)cc1. The lowest BCUT2D eigenvalue weighted by Crippen LogP contribution is -2.44. The van der Waals surface area contributed by atoms with Gasteiger partial charge in [0.1, 0.15) is 12.1 Å². The number of imide groups is 1. The number of hydrogen-bond acceptors (Lipinski definition) is 5. The van der Waals surface area contributed by atoms with Crippen molar-refractivity contribution in [1.29, 1.82) is 0 Å². The van der Waals surface area contributed by atoms with Gasteiger partial charge in [-0.3, -0.25) is 14.5 Å².